The third-order valence-electron chi connectivity index (χ3n) is 3.11. The predicted molar refractivity (Wildman–Crippen MR) is 72.6 cm³/mol. The van der Waals surface area contributed by atoms with Crippen molar-refractivity contribution in [1.82, 2.24) is 20.1 Å². The minimum absolute atomic E-state index is 0.729. The summed E-state index contributed by atoms with van der Waals surface area (Å²) in [6.45, 7) is 1.58. The number of nitrogens with one attached hydrogen (secondary N) is 1. The molecule has 0 atom stereocenters. The number of furan rings is 1. The standard InChI is InChI=1S/C14H16N4O/c1-18-10-16-17-14(18)6-7-15-9-12-8-11-4-2-3-5-13(11)19-12/h2-5,8,10,15H,6-7,9H2,1H3. The van der Waals surface area contributed by atoms with Crippen LogP contribution in [0, 0.1) is 0 Å². The molecule has 1 N–H and O–H groups in total. The van der Waals surface area contributed by atoms with E-state index in [2.05, 4.69) is 27.6 Å². The number of hydrogen-bond donors (Lipinski definition) is 1. The molecule has 0 spiro atoms. The highest BCUT2D eigenvalue weighted by molar-refractivity contribution is 5.77. The summed E-state index contributed by atoms with van der Waals surface area (Å²) in [5.41, 5.74) is 0.938. The van der Waals surface area contributed by atoms with Crippen molar-refractivity contribution in [3.63, 3.8) is 0 Å². The third kappa shape index (κ3) is 2.66. The fourth-order valence-corrected chi connectivity index (χ4v) is 2.07. The zero-order valence-electron chi connectivity index (χ0n) is 10.8. The molecule has 0 radical (unpaired) electrons. The summed E-state index contributed by atoms with van der Waals surface area (Å²) in [6, 6.07) is 10.1. The smallest absolute Gasteiger partial charge is 0.134 e. The van der Waals surface area contributed by atoms with Crippen molar-refractivity contribution in [2.45, 2.75) is 13.0 Å². The largest absolute Gasteiger partial charge is 0.460 e. The summed E-state index contributed by atoms with van der Waals surface area (Å²) in [5.74, 6) is 1.94. The number of rotatable bonds is 5. The molecule has 0 saturated heterocycles. The van der Waals surface area contributed by atoms with Gasteiger partial charge in [0.1, 0.15) is 23.5 Å². The predicted octanol–water partition coefficient (Wildman–Crippen LogP) is 1.89. The molecule has 3 rings (SSSR count). The minimum Gasteiger partial charge on any atom is -0.460 e. The second-order valence-electron chi connectivity index (χ2n) is 4.54. The Morgan fingerprint density at radius 2 is 2.21 bits per heavy atom. The number of aromatic nitrogens is 3. The van der Waals surface area contributed by atoms with Crippen molar-refractivity contribution in [2.24, 2.45) is 7.05 Å². The van der Waals surface area contributed by atoms with Gasteiger partial charge in [0.05, 0.1) is 6.54 Å². The van der Waals surface area contributed by atoms with Crippen LogP contribution in [-0.2, 0) is 20.0 Å². The Balaban J connectivity index is 1.53. The average molecular weight is 256 g/mol. The normalized spacial score (nSPS) is 11.2. The van der Waals surface area contributed by atoms with Crippen LogP contribution in [0.15, 0.2) is 41.1 Å². The first-order valence-electron chi connectivity index (χ1n) is 6.34. The summed E-state index contributed by atoms with van der Waals surface area (Å²) in [7, 11) is 1.95. The molecule has 0 amide bonds. The van der Waals surface area contributed by atoms with Gasteiger partial charge in [-0.3, -0.25) is 0 Å². The molecule has 0 aliphatic carbocycles. The summed E-state index contributed by atoms with van der Waals surface area (Å²) >= 11 is 0. The van der Waals surface area contributed by atoms with E-state index in [-0.39, 0.29) is 0 Å². The molecule has 2 heterocycles. The minimum atomic E-state index is 0.729. The summed E-state index contributed by atoms with van der Waals surface area (Å²) < 4.78 is 7.67. The van der Waals surface area contributed by atoms with E-state index in [9.17, 15) is 0 Å². The lowest BCUT2D eigenvalue weighted by atomic mass is 10.2. The topological polar surface area (TPSA) is 55.9 Å². The van der Waals surface area contributed by atoms with Gasteiger partial charge < -0.3 is 14.3 Å². The SMILES string of the molecule is Cn1cnnc1CCNCc1cc2ccccc2o1. The first kappa shape index (κ1) is 11.9. The Morgan fingerprint density at radius 3 is 3.00 bits per heavy atom. The molecule has 1 aromatic carbocycles. The van der Waals surface area contributed by atoms with Crippen LogP contribution in [-0.4, -0.2) is 21.3 Å². The maximum atomic E-state index is 5.73. The highest BCUT2D eigenvalue weighted by atomic mass is 16.3. The van der Waals surface area contributed by atoms with E-state index >= 15 is 0 Å². The van der Waals surface area contributed by atoms with Crippen LogP contribution in [0.5, 0.6) is 0 Å². The fourth-order valence-electron chi connectivity index (χ4n) is 2.07. The lowest BCUT2D eigenvalue weighted by molar-refractivity contribution is 0.512. The van der Waals surface area contributed by atoms with Gasteiger partial charge >= 0.3 is 0 Å². The third-order valence-corrected chi connectivity index (χ3v) is 3.11. The van der Waals surface area contributed by atoms with Gasteiger partial charge in [0, 0.05) is 25.4 Å². The Hall–Kier alpha value is -2.14. The monoisotopic (exact) mass is 256 g/mol. The van der Waals surface area contributed by atoms with Crippen LogP contribution in [0.2, 0.25) is 0 Å². The molecular weight excluding hydrogens is 240 g/mol. The van der Waals surface area contributed by atoms with Gasteiger partial charge in [-0.1, -0.05) is 18.2 Å². The Labute approximate surface area is 111 Å². The van der Waals surface area contributed by atoms with Crippen molar-refractivity contribution < 1.29 is 4.42 Å². The van der Waals surface area contributed by atoms with Crippen molar-refractivity contribution in [3.05, 3.63) is 48.2 Å². The number of nitrogens with zero attached hydrogens (tertiary/aromatic N) is 3. The summed E-state index contributed by atoms with van der Waals surface area (Å²) in [6.07, 6.45) is 2.57. The lowest BCUT2D eigenvalue weighted by Gasteiger charge is -2.02. The van der Waals surface area contributed by atoms with Gasteiger partial charge in [-0.2, -0.15) is 0 Å². The van der Waals surface area contributed by atoms with E-state index in [0.717, 1.165) is 42.1 Å². The highest BCUT2D eigenvalue weighted by Gasteiger charge is 2.03. The van der Waals surface area contributed by atoms with E-state index in [1.807, 2.05) is 29.8 Å². The van der Waals surface area contributed by atoms with Gasteiger partial charge in [-0.15, -0.1) is 10.2 Å². The van der Waals surface area contributed by atoms with Gasteiger partial charge in [0.2, 0.25) is 0 Å². The molecular formula is C14H16N4O. The maximum absolute atomic E-state index is 5.73. The Bertz CT molecular complexity index is 638. The van der Waals surface area contributed by atoms with Crippen LogP contribution in [0.4, 0.5) is 0 Å². The molecule has 3 aromatic rings. The quantitative estimate of drug-likeness (QED) is 0.708. The van der Waals surface area contributed by atoms with Crippen LogP contribution < -0.4 is 5.32 Å². The Morgan fingerprint density at radius 1 is 1.32 bits per heavy atom. The summed E-state index contributed by atoms with van der Waals surface area (Å²) in [4.78, 5) is 0. The van der Waals surface area contributed by atoms with E-state index in [1.165, 1.54) is 0 Å². The molecule has 0 aliphatic rings. The zero-order valence-corrected chi connectivity index (χ0v) is 10.8. The molecule has 0 bridgehead atoms. The molecule has 5 heteroatoms. The van der Waals surface area contributed by atoms with E-state index in [0.29, 0.717) is 0 Å². The van der Waals surface area contributed by atoms with Crippen LogP contribution >= 0.6 is 0 Å². The van der Waals surface area contributed by atoms with Gasteiger partial charge in [-0.25, -0.2) is 0 Å². The van der Waals surface area contributed by atoms with Crippen LogP contribution in [0.1, 0.15) is 11.6 Å². The molecule has 0 saturated carbocycles. The second-order valence-corrected chi connectivity index (χ2v) is 4.54. The van der Waals surface area contributed by atoms with Crippen LogP contribution in [0.3, 0.4) is 0 Å². The molecule has 0 aliphatic heterocycles. The van der Waals surface area contributed by atoms with Gasteiger partial charge in [0.25, 0.3) is 0 Å². The van der Waals surface area contributed by atoms with Crippen LogP contribution in [0.25, 0.3) is 11.0 Å². The highest BCUT2D eigenvalue weighted by Crippen LogP contribution is 2.18. The van der Waals surface area contributed by atoms with Gasteiger partial charge in [-0.05, 0) is 12.1 Å². The number of para-hydroxylation sites is 1. The first-order valence-corrected chi connectivity index (χ1v) is 6.34. The maximum Gasteiger partial charge on any atom is 0.134 e. The van der Waals surface area contributed by atoms with E-state index in [1.54, 1.807) is 6.33 Å². The van der Waals surface area contributed by atoms with Crippen molar-refractivity contribution >= 4 is 11.0 Å². The number of benzene rings is 1. The van der Waals surface area contributed by atoms with Gasteiger partial charge in [0.15, 0.2) is 0 Å². The van der Waals surface area contributed by atoms with E-state index in [4.69, 9.17) is 4.42 Å². The molecule has 5 nitrogen and oxygen atoms in total. The van der Waals surface area contributed by atoms with Crippen molar-refractivity contribution in [2.75, 3.05) is 6.54 Å². The fraction of sp³-hybridized carbons (Fsp3) is 0.286. The zero-order chi connectivity index (χ0) is 13.1. The van der Waals surface area contributed by atoms with Crippen molar-refractivity contribution in [1.29, 1.82) is 0 Å². The molecule has 98 valence electrons. The first-order chi connectivity index (χ1) is 9.33. The lowest BCUT2D eigenvalue weighted by Crippen LogP contribution is -2.17. The molecule has 2 aromatic heterocycles. The average Bonchev–Trinajstić information content (AvgIpc) is 3.00. The van der Waals surface area contributed by atoms with Crippen molar-refractivity contribution in [3.8, 4) is 0 Å². The second kappa shape index (κ2) is 5.24. The van der Waals surface area contributed by atoms with E-state index < -0.39 is 0 Å². The number of hydrogen-bond acceptors (Lipinski definition) is 4. The Kier molecular flexibility index (Phi) is 3.29. The summed E-state index contributed by atoms with van der Waals surface area (Å²) in [5, 5.41) is 12.4. The number of fused-ring (bicyclic) bond motifs is 1. The molecule has 0 fully saturated rings. The number of aryl methyl sites for hydroxylation is 1. The molecule has 19 heavy (non-hydrogen) atoms. The molecule has 0 unspecified atom stereocenters.